The van der Waals surface area contributed by atoms with Gasteiger partial charge in [0.25, 0.3) is 0 Å². The number of ether oxygens (including phenoxy) is 2. The molecule has 0 unspecified atom stereocenters. The molecule has 5 nitrogen and oxygen atoms in total. The first-order valence-corrected chi connectivity index (χ1v) is 12.2. The van der Waals surface area contributed by atoms with Crippen LogP contribution in [0.1, 0.15) is 29.5 Å². The van der Waals surface area contributed by atoms with Gasteiger partial charge in [-0.1, -0.05) is 54.6 Å². The summed E-state index contributed by atoms with van der Waals surface area (Å²) in [5.41, 5.74) is 0.00952. The molecule has 0 saturated heterocycles. The maximum Gasteiger partial charge on any atom is 0.573 e. The van der Waals surface area contributed by atoms with Gasteiger partial charge in [0.2, 0.25) is 0 Å². The second kappa shape index (κ2) is 11.5. The maximum absolute atomic E-state index is 13.0. The van der Waals surface area contributed by atoms with Crippen molar-refractivity contribution in [1.29, 1.82) is 0 Å². The lowest BCUT2D eigenvalue weighted by Crippen LogP contribution is -2.47. The first-order valence-electron chi connectivity index (χ1n) is 12.2. The lowest BCUT2D eigenvalue weighted by atomic mass is 9.70. The van der Waals surface area contributed by atoms with Crippen molar-refractivity contribution in [1.82, 2.24) is 10.6 Å². The molecule has 0 radical (unpaired) electrons. The quantitative estimate of drug-likeness (QED) is 0.275. The molecule has 0 spiro atoms. The Labute approximate surface area is 221 Å². The summed E-state index contributed by atoms with van der Waals surface area (Å²) < 4.78 is 86.6. The maximum atomic E-state index is 13.0. The Morgan fingerprint density at radius 1 is 0.744 bits per heavy atom. The molecule has 39 heavy (non-hydrogen) atoms. The number of hydrogen-bond donors (Lipinski definition) is 2. The standard InChI is InChI=1S/C28H26F6N2O3/c29-27(30,31)38-23-10-4-8-21(14-23)26(16-19-6-2-1-3-7-19,18-36-25(37)35-17-20-12-13-20)22-9-5-11-24(15-22)39-28(32,33)34/h1-11,14-15,20H,12-13,16-18H2,(H2,35,36,37). The van der Waals surface area contributed by atoms with E-state index in [1.807, 2.05) is 0 Å². The first-order chi connectivity index (χ1) is 18.4. The lowest BCUT2D eigenvalue weighted by Gasteiger charge is -2.36. The third-order valence-corrected chi connectivity index (χ3v) is 6.39. The second-order valence-electron chi connectivity index (χ2n) is 9.40. The van der Waals surface area contributed by atoms with Crippen molar-refractivity contribution in [3.63, 3.8) is 0 Å². The molecule has 208 valence electrons. The topological polar surface area (TPSA) is 59.6 Å². The monoisotopic (exact) mass is 552 g/mol. The Kier molecular flexibility index (Phi) is 8.27. The number of rotatable bonds is 10. The van der Waals surface area contributed by atoms with Crippen LogP contribution in [-0.2, 0) is 11.8 Å². The van der Waals surface area contributed by atoms with Crippen LogP contribution in [0.3, 0.4) is 0 Å². The molecule has 0 bridgehead atoms. The summed E-state index contributed by atoms with van der Waals surface area (Å²) >= 11 is 0. The number of hydrogen-bond acceptors (Lipinski definition) is 3. The molecule has 1 aliphatic carbocycles. The van der Waals surface area contributed by atoms with Gasteiger partial charge in [0.1, 0.15) is 11.5 Å². The van der Waals surface area contributed by atoms with Gasteiger partial charge in [-0.3, -0.25) is 0 Å². The van der Waals surface area contributed by atoms with Gasteiger partial charge in [0.15, 0.2) is 0 Å². The van der Waals surface area contributed by atoms with Crippen molar-refractivity contribution in [2.75, 3.05) is 13.1 Å². The van der Waals surface area contributed by atoms with E-state index in [0.29, 0.717) is 23.6 Å². The minimum Gasteiger partial charge on any atom is -0.406 e. The van der Waals surface area contributed by atoms with Crippen LogP contribution in [0.2, 0.25) is 0 Å². The molecule has 1 saturated carbocycles. The number of urea groups is 1. The van der Waals surface area contributed by atoms with Crippen molar-refractivity contribution >= 4 is 6.03 Å². The zero-order valence-electron chi connectivity index (χ0n) is 20.6. The summed E-state index contributed by atoms with van der Waals surface area (Å²) in [6.45, 7) is 0.324. The highest BCUT2D eigenvalue weighted by Crippen LogP contribution is 2.40. The van der Waals surface area contributed by atoms with E-state index in [1.54, 1.807) is 42.5 Å². The molecule has 3 aromatic rings. The number of amides is 2. The summed E-state index contributed by atoms with van der Waals surface area (Å²) in [4.78, 5) is 12.7. The molecule has 2 N–H and O–H groups in total. The van der Waals surface area contributed by atoms with Crippen LogP contribution in [0.25, 0.3) is 0 Å². The minimum absolute atomic E-state index is 0.127. The molecular weight excluding hydrogens is 526 g/mol. The Hall–Kier alpha value is -3.89. The van der Waals surface area contributed by atoms with E-state index in [-0.39, 0.29) is 13.0 Å². The van der Waals surface area contributed by atoms with Gasteiger partial charge in [0.05, 0.1) is 0 Å². The van der Waals surface area contributed by atoms with Gasteiger partial charge in [-0.05, 0) is 66.1 Å². The lowest BCUT2D eigenvalue weighted by molar-refractivity contribution is -0.275. The van der Waals surface area contributed by atoms with Crippen LogP contribution in [-0.4, -0.2) is 31.8 Å². The largest absolute Gasteiger partial charge is 0.573 e. The van der Waals surface area contributed by atoms with Gasteiger partial charge in [-0.15, -0.1) is 26.3 Å². The third kappa shape index (κ3) is 8.30. The number of halogens is 6. The van der Waals surface area contributed by atoms with Crippen molar-refractivity contribution in [2.24, 2.45) is 5.92 Å². The Balaban J connectivity index is 1.81. The number of benzene rings is 3. The average molecular weight is 553 g/mol. The Morgan fingerprint density at radius 2 is 1.28 bits per heavy atom. The third-order valence-electron chi connectivity index (χ3n) is 6.39. The predicted molar refractivity (Wildman–Crippen MR) is 131 cm³/mol. The predicted octanol–water partition coefficient (Wildman–Crippen LogP) is 6.72. The van der Waals surface area contributed by atoms with Crippen LogP contribution < -0.4 is 20.1 Å². The van der Waals surface area contributed by atoms with E-state index >= 15 is 0 Å². The highest BCUT2D eigenvalue weighted by Gasteiger charge is 2.38. The number of carbonyl (C=O) groups is 1. The molecular formula is C28H26F6N2O3. The zero-order chi connectivity index (χ0) is 28.1. The molecule has 1 fully saturated rings. The summed E-state index contributed by atoms with van der Waals surface area (Å²) in [6, 6.07) is 18.8. The molecule has 2 amide bonds. The van der Waals surface area contributed by atoms with Gasteiger partial charge in [0, 0.05) is 18.5 Å². The number of nitrogens with one attached hydrogen (secondary N) is 2. The molecule has 11 heteroatoms. The van der Waals surface area contributed by atoms with Gasteiger partial charge < -0.3 is 20.1 Å². The summed E-state index contributed by atoms with van der Waals surface area (Å²) in [5, 5.41) is 5.56. The fourth-order valence-corrected chi connectivity index (χ4v) is 4.42. The smallest absolute Gasteiger partial charge is 0.406 e. The number of carbonyl (C=O) groups excluding carboxylic acids is 1. The van der Waals surface area contributed by atoms with E-state index in [4.69, 9.17) is 0 Å². The summed E-state index contributed by atoms with van der Waals surface area (Å²) in [7, 11) is 0. The van der Waals surface area contributed by atoms with Crippen molar-refractivity contribution in [3.8, 4) is 11.5 Å². The van der Waals surface area contributed by atoms with Crippen molar-refractivity contribution in [2.45, 2.75) is 37.4 Å². The minimum atomic E-state index is -4.96. The normalized spacial score (nSPS) is 14.0. The van der Waals surface area contributed by atoms with Gasteiger partial charge >= 0.3 is 18.8 Å². The van der Waals surface area contributed by atoms with Crippen LogP contribution in [0.15, 0.2) is 78.9 Å². The van der Waals surface area contributed by atoms with E-state index in [9.17, 15) is 31.1 Å². The van der Waals surface area contributed by atoms with E-state index in [2.05, 4.69) is 20.1 Å². The van der Waals surface area contributed by atoms with E-state index in [0.717, 1.165) is 30.5 Å². The van der Waals surface area contributed by atoms with Crippen LogP contribution in [0.4, 0.5) is 31.1 Å². The molecule has 4 rings (SSSR count). The van der Waals surface area contributed by atoms with Crippen LogP contribution in [0, 0.1) is 5.92 Å². The molecule has 0 aromatic heterocycles. The Bertz CT molecular complexity index is 1200. The zero-order valence-corrected chi connectivity index (χ0v) is 20.6. The summed E-state index contributed by atoms with van der Waals surface area (Å²) in [5.74, 6) is -0.603. The molecule has 3 aromatic carbocycles. The van der Waals surface area contributed by atoms with E-state index in [1.165, 1.54) is 24.3 Å². The first kappa shape index (κ1) is 28.1. The fraction of sp³-hybridized carbons (Fsp3) is 0.321. The van der Waals surface area contributed by atoms with Gasteiger partial charge in [-0.25, -0.2) is 4.79 Å². The van der Waals surface area contributed by atoms with Crippen LogP contribution >= 0.6 is 0 Å². The highest BCUT2D eigenvalue weighted by atomic mass is 19.4. The fourth-order valence-electron chi connectivity index (χ4n) is 4.42. The molecule has 0 aliphatic heterocycles. The Morgan fingerprint density at radius 3 is 1.77 bits per heavy atom. The highest BCUT2D eigenvalue weighted by molar-refractivity contribution is 5.74. The van der Waals surface area contributed by atoms with Crippen LogP contribution in [0.5, 0.6) is 11.5 Å². The van der Waals surface area contributed by atoms with E-state index < -0.39 is 35.7 Å². The molecule has 1 aliphatic rings. The second-order valence-corrected chi connectivity index (χ2v) is 9.40. The number of alkyl halides is 6. The van der Waals surface area contributed by atoms with Gasteiger partial charge in [-0.2, -0.15) is 0 Å². The summed E-state index contributed by atoms with van der Waals surface area (Å²) in [6.07, 6.45) is -7.77. The average Bonchev–Trinajstić information content (AvgIpc) is 3.69. The molecule has 0 heterocycles. The molecule has 0 atom stereocenters. The van der Waals surface area contributed by atoms with Crippen molar-refractivity contribution < 1.29 is 40.6 Å². The SMILES string of the molecule is O=C(NCC1CC1)NCC(Cc1ccccc1)(c1cccc(OC(F)(F)F)c1)c1cccc(OC(F)(F)F)c1. The van der Waals surface area contributed by atoms with Crippen molar-refractivity contribution in [3.05, 3.63) is 95.6 Å².